The molecule has 3 N–H and O–H groups in total. The van der Waals surface area contributed by atoms with Crippen molar-refractivity contribution < 1.29 is 29.6 Å². The van der Waals surface area contributed by atoms with Crippen molar-refractivity contribution in [1.82, 2.24) is 4.98 Å². The highest BCUT2D eigenvalue weighted by molar-refractivity contribution is 7.17. The highest BCUT2D eigenvalue weighted by atomic mass is 32.1. The van der Waals surface area contributed by atoms with Crippen molar-refractivity contribution in [2.75, 3.05) is 6.61 Å². The molecule has 2 aromatic heterocycles. The Balaban J connectivity index is 1.73. The molecule has 1 aromatic carbocycles. The summed E-state index contributed by atoms with van der Waals surface area (Å²) in [4.78, 5) is 15.5. The Labute approximate surface area is 140 Å². The summed E-state index contributed by atoms with van der Waals surface area (Å²) in [6.45, 7) is -0.317. The molecule has 0 fully saturated rings. The van der Waals surface area contributed by atoms with Gasteiger partial charge in [0.1, 0.15) is 28.7 Å². The molecule has 0 radical (unpaired) electrons. The van der Waals surface area contributed by atoms with Crippen molar-refractivity contribution in [1.29, 1.82) is 0 Å². The molecule has 24 heavy (non-hydrogen) atoms. The first kappa shape index (κ1) is 15.9. The molecule has 7 nitrogen and oxygen atoms in total. The standard InChI is InChI=1S/C16H13NO6S/c18-10-2-1-9(12(19)5-10)6-23-14-4-3-11-13(22-7-15(20)21)8-24-16(11)17-14/h1-5,8,18-19H,6-7H2,(H,20,21). The molecule has 2 heterocycles. The molecule has 0 aliphatic heterocycles. The molecular formula is C16H13NO6S. The van der Waals surface area contributed by atoms with Crippen LogP contribution in [0.1, 0.15) is 5.56 Å². The van der Waals surface area contributed by atoms with Crippen LogP contribution in [0.3, 0.4) is 0 Å². The number of rotatable bonds is 6. The lowest BCUT2D eigenvalue weighted by Gasteiger charge is -2.07. The summed E-state index contributed by atoms with van der Waals surface area (Å²) in [5.74, 6) is -0.301. The average molecular weight is 347 g/mol. The highest BCUT2D eigenvalue weighted by Crippen LogP contribution is 2.32. The van der Waals surface area contributed by atoms with Crippen molar-refractivity contribution in [3.8, 4) is 23.1 Å². The number of benzene rings is 1. The summed E-state index contributed by atoms with van der Waals surface area (Å²) in [5, 5.41) is 30.0. The van der Waals surface area contributed by atoms with E-state index < -0.39 is 12.6 Å². The van der Waals surface area contributed by atoms with Gasteiger partial charge in [0.25, 0.3) is 0 Å². The number of phenols is 2. The zero-order chi connectivity index (χ0) is 17.1. The largest absolute Gasteiger partial charge is 0.508 e. The Morgan fingerprint density at radius 3 is 2.75 bits per heavy atom. The fourth-order valence-electron chi connectivity index (χ4n) is 2.03. The van der Waals surface area contributed by atoms with Crippen molar-refractivity contribution in [3.63, 3.8) is 0 Å². The van der Waals surface area contributed by atoms with Crippen LogP contribution in [0.2, 0.25) is 0 Å². The van der Waals surface area contributed by atoms with Crippen LogP contribution in [0.5, 0.6) is 23.1 Å². The number of pyridine rings is 1. The van der Waals surface area contributed by atoms with Crippen molar-refractivity contribution in [2.45, 2.75) is 6.61 Å². The molecule has 3 rings (SSSR count). The van der Waals surface area contributed by atoms with Crippen LogP contribution >= 0.6 is 11.3 Å². The zero-order valence-corrected chi connectivity index (χ0v) is 13.1. The number of hydrogen-bond acceptors (Lipinski definition) is 7. The van der Waals surface area contributed by atoms with Gasteiger partial charge in [-0.3, -0.25) is 0 Å². The Bertz CT molecular complexity index is 891. The van der Waals surface area contributed by atoms with E-state index in [1.54, 1.807) is 23.6 Å². The van der Waals surface area contributed by atoms with Gasteiger partial charge in [0.2, 0.25) is 5.88 Å². The molecule has 0 saturated carbocycles. The van der Waals surface area contributed by atoms with E-state index in [0.717, 1.165) is 0 Å². The topological polar surface area (TPSA) is 109 Å². The third-order valence-corrected chi connectivity index (χ3v) is 4.04. The number of hydrogen-bond donors (Lipinski definition) is 3. The van der Waals surface area contributed by atoms with Gasteiger partial charge in [-0.2, -0.15) is 0 Å². The van der Waals surface area contributed by atoms with Crippen LogP contribution in [0, 0.1) is 0 Å². The van der Waals surface area contributed by atoms with E-state index in [9.17, 15) is 15.0 Å². The molecule has 0 unspecified atom stereocenters. The molecule has 0 bridgehead atoms. The van der Waals surface area contributed by atoms with Gasteiger partial charge in [0, 0.05) is 23.1 Å². The Hall–Kier alpha value is -3.00. The number of nitrogens with zero attached hydrogens (tertiary/aromatic N) is 1. The number of fused-ring (bicyclic) bond motifs is 1. The molecule has 0 spiro atoms. The minimum Gasteiger partial charge on any atom is -0.508 e. The maximum atomic E-state index is 10.6. The molecule has 8 heteroatoms. The van der Waals surface area contributed by atoms with E-state index in [1.807, 2.05) is 0 Å². The minimum atomic E-state index is -1.05. The van der Waals surface area contributed by atoms with Crippen LogP contribution in [-0.4, -0.2) is 32.9 Å². The Kier molecular flexibility index (Phi) is 4.39. The fraction of sp³-hybridized carbons (Fsp3) is 0.125. The van der Waals surface area contributed by atoms with E-state index >= 15 is 0 Å². The Morgan fingerprint density at radius 1 is 1.17 bits per heavy atom. The number of aromatic nitrogens is 1. The van der Waals surface area contributed by atoms with Gasteiger partial charge in [0.05, 0.1) is 5.39 Å². The lowest BCUT2D eigenvalue weighted by atomic mass is 10.2. The maximum absolute atomic E-state index is 10.6. The zero-order valence-electron chi connectivity index (χ0n) is 12.3. The lowest BCUT2D eigenvalue weighted by Crippen LogP contribution is -2.08. The van der Waals surface area contributed by atoms with E-state index in [1.165, 1.54) is 23.5 Å². The second-order valence-electron chi connectivity index (χ2n) is 4.89. The first-order chi connectivity index (χ1) is 11.5. The number of phenolic OH excluding ortho intramolecular Hbond substituents is 2. The smallest absolute Gasteiger partial charge is 0.341 e. The fourth-order valence-corrected chi connectivity index (χ4v) is 2.88. The predicted molar refractivity (Wildman–Crippen MR) is 86.9 cm³/mol. The van der Waals surface area contributed by atoms with Crippen molar-refractivity contribution >= 4 is 27.5 Å². The number of aromatic hydroxyl groups is 2. The van der Waals surface area contributed by atoms with Crippen molar-refractivity contribution in [3.05, 3.63) is 41.3 Å². The second-order valence-corrected chi connectivity index (χ2v) is 5.74. The summed E-state index contributed by atoms with van der Waals surface area (Å²) in [7, 11) is 0. The quantitative estimate of drug-likeness (QED) is 0.629. The van der Waals surface area contributed by atoms with Gasteiger partial charge in [-0.15, -0.1) is 11.3 Å². The summed E-state index contributed by atoms with van der Waals surface area (Å²) in [6, 6.07) is 7.63. The Morgan fingerprint density at radius 2 is 2.00 bits per heavy atom. The lowest BCUT2D eigenvalue weighted by molar-refractivity contribution is -0.139. The van der Waals surface area contributed by atoms with Gasteiger partial charge < -0.3 is 24.8 Å². The number of carbonyl (C=O) groups is 1. The minimum absolute atomic E-state index is 0.0247. The van der Waals surface area contributed by atoms with Gasteiger partial charge in [0.15, 0.2) is 6.61 Å². The summed E-state index contributed by atoms with van der Waals surface area (Å²) in [5.41, 5.74) is 0.520. The first-order valence-electron chi connectivity index (χ1n) is 6.89. The average Bonchev–Trinajstić information content (AvgIpc) is 2.94. The van der Waals surface area contributed by atoms with Crippen LogP contribution in [-0.2, 0) is 11.4 Å². The SMILES string of the molecule is O=C(O)COc1csc2nc(OCc3ccc(O)cc3O)ccc12. The molecular weight excluding hydrogens is 334 g/mol. The summed E-state index contributed by atoms with van der Waals surface area (Å²) < 4.78 is 10.7. The molecule has 3 aromatic rings. The summed E-state index contributed by atoms with van der Waals surface area (Å²) >= 11 is 1.32. The predicted octanol–water partition coefficient (Wildman–Crippen LogP) is 2.75. The van der Waals surface area contributed by atoms with Crippen LogP contribution in [0.25, 0.3) is 10.2 Å². The molecule has 0 aliphatic carbocycles. The molecule has 0 aliphatic rings. The van der Waals surface area contributed by atoms with Gasteiger partial charge in [-0.05, 0) is 18.2 Å². The van der Waals surface area contributed by atoms with E-state index in [2.05, 4.69) is 4.98 Å². The third kappa shape index (κ3) is 3.49. The highest BCUT2D eigenvalue weighted by Gasteiger charge is 2.10. The summed E-state index contributed by atoms with van der Waals surface area (Å²) in [6.07, 6.45) is 0. The monoisotopic (exact) mass is 347 g/mol. The number of aliphatic carboxylic acids is 1. The third-order valence-electron chi connectivity index (χ3n) is 3.17. The van der Waals surface area contributed by atoms with Gasteiger partial charge in [-0.1, -0.05) is 0 Å². The van der Waals surface area contributed by atoms with Crippen LogP contribution in [0.4, 0.5) is 0 Å². The van der Waals surface area contributed by atoms with E-state index in [4.69, 9.17) is 14.6 Å². The number of carboxylic acids is 1. The molecule has 124 valence electrons. The van der Waals surface area contributed by atoms with E-state index in [-0.39, 0.29) is 18.1 Å². The molecule has 0 saturated heterocycles. The molecule has 0 atom stereocenters. The number of thiophene rings is 1. The number of ether oxygens (including phenoxy) is 2. The number of carboxylic acid groups (broad SMARTS) is 1. The molecule has 0 amide bonds. The van der Waals surface area contributed by atoms with E-state index in [0.29, 0.717) is 27.4 Å². The second kappa shape index (κ2) is 6.63. The van der Waals surface area contributed by atoms with Gasteiger partial charge >= 0.3 is 5.97 Å². The van der Waals surface area contributed by atoms with Crippen molar-refractivity contribution in [2.24, 2.45) is 0 Å². The van der Waals surface area contributed by atoms with Gasteiger partial charge in [-0.25, -0.2) is 9.78 Å². The van der Waals surface area contributed by atoms with Crippen LogP contribution in [0.15, 0.2) is 35.7 Å². The first-order valence-corrected chi connectivity index (χ1v) is 7.77. The normalized spacial score (nSPS) is 10.7. The maximum Gasteiger partial charge on any atom is 0.341 e. The van der Waals surface area contributed by atoms with Crippen LogP contribution < -0.4 is 9.47 Å².